The van der Waals surface area contributed by atoms with E-state index in [9.17, 15) is 0 Å². The summed E-state index contributed by atoms with van der Waals surface area (Å²) in [6.07, 6.45) is 2.81. The summed E-state index contributed by atoms with van der Waals surface area (Å²) < 4.78 is 0. The number of aromatic nitrogens is 1. The molecule has 1 heterocycles. The molecule has 0 bridgehead atoms. The van der Waals surface area contributed by atoms with Gasteiger partial charge in [0.1, 0.15) is 0 Å². The highest BCUT2D eigenvalue weighted by molar-refractivity contribution is 5.85. The third-order valence-electron chi connectivity index (χ3n) is 2.33. The van der Waals surface area contributed by atoms with Crippen LogP contribution in [0.4, 0.5) is 0 Å². The van der Waals surface area contributed by atoms with Crippen molar-refractivity contribution in [3.8, 4) is 0 Å². The fraction of sp³-hybridized carbons (Fsp3) is 0.250. The van der Waals surface area contributed by atoms with Gasteiger partial charge in [-0.15, -0.1) is 24.8 Å². The van der Waals surface area contributed by atoms with E-state index in [2.05, 4.69) is 36.2 Å². The Hall–Kier alpha value is -0.830. The predicted octanol–water partition coefficient (Wildman–Crippen LogP) is 2.89. The second-order valence-corrected chi connectivity index (χ2v) is 3.58. The molecule has 4 heteroatoms. The van der Waals surface area contributed by atoms with Gasteiger partial charge in [0.25, 0.3) is 0 Å². The number of benzene rings is 1. The normalized spacial score (nSPS) is 9.38. The zero-order valence-corrected chi connectivity index (χ0v) is 10.8. The van der Waals surface area contributed by atoms with Gasteiger partial charge in [0.2, 0.25) is 0 Å². The molecular weight excluding hydrogens is 243 g/mol. The number of hydrogen-bond acceptors (Lipinski definition) is 2. The molecule has 0 fully saturated rings. The van der Waals surface area contributed by atoms with Crippen molar-refractivity contribution in [2.24, 2.45) is 5.73 Å². The van der Waals surface area contributed by atoms with Crippen molar-refractivity contribution in [3.63, 3.8) is 0 Å². The zero-order valence-electron chi connectivity index (χ0n) is 9.14. The van der Waals surface area contributed by atoms with Crippen LogP contribution in [-0.4, -0.2) is 11.5 Å². The van der Waals surface area contributed by atoms with Gasteiger partial charge < -0.3 is 5.73 Å². The Labute approximate surface area is 108 Å². The van der Waals surface area contributed by atoms with E-state index in [1.54, 1.807) is 0 Å². The van der Waals surface area contributed by atoms with Crippen molar-refractivity contribution in [3.05, 3.63) is 41.6 Å². The largest absolute Gasteiger partial charge is 0.330 e. The van der Waals surface area contributed by atoms with E-state index in [-0.39, 0.29) is 24.8 Å². The second kappa shape index (κ2) is 6.69. The van der Waals surface area contributed by atoms with Crippen LogP contribution in [0.3, 0.4) is 0 Å². The number of aryl methyl sites for hydroxylation is 1. The third kappa shape index (κ3) is 3.34. The van der Waals surface area contributed by atoms with Gasteiger partial charge >= 0.3 is 0 Å². The monoisotopic (exact) mass is 258 g/mol. The van der Waals surface area contributed by atoms with Gasteiger partial charge in [0.15, 0.2) is 0 Å². The molecule has 2 nitrogen and oxygen atoms in total. The highest BCUT2D eigenvalue weighted by Crippen LogP contribution is 2.15. The van der Waals surface area contributed by atoms with Gasteiger partial charge in [0, 0.05) is 11.6 Å². The summed E-state index contributed by atoms with van der Waals surface area (Å²) in [7, 11) is 0. The standard InChI is InChI=1S/C12H14N2.2ClH/c1-9-2-3-12-11(6-9)7-10(4-5-13)8-14-12;;/h2-3,6-8H,4-5,13H2,1H3;2*1H. The van der Waals surface area contributed by atoms with Crippen molar-refractivity contribution in [2.45, 2.75) is 13.3 Å². The molecule has 88 valence electrons. The van der Waals surface area contributed by atoms with Crippen LogP contribution in [0.5, 0.6) is 0 Å². The van der Waals surface area contributed by atoms with Gasteiger partial charge in [-0.1, -0.05) is 11.6 Å². The summed E-state index contributed by atoms with van der Waals surface area (Å²) >= 11 is 0. The molecule has 0 spiro atoms. The molecule has 2 rings (SSSR count). The molecule has 2 aromatic rings. The first-order chi connectivity index (χ1) is 6.79. The summed E-state index contributed by atoms with van der Waals surface area (Å²) in [4.78, 5) is 4.39. The van der Waals surface area contributed by atoms with Crippen LogP contribution in [0.25, 0.3) is 10.9 Å². The first-order valence-electron chi connectivity index (χ1n) is 4.85. The van der Waals surface area contributed by atoms with E-state index in [4.69, 9.17) is 5.73 Å². The maximum atomic E-state index is 5.51. The first-order valence-corrected chi connectivity index (χ1v) is 4.85. The summed E-state index contributed by atoms with van der Waals surface area (Å²) in [5, 5.41) is 1.20. The summed E-state index contributed by atoms with van der Waals surface area (Å²) in [6.45, 7) is 2.77. The lowest BCUT2D eigenvalue weighted by Gasteiger charge is -2.02. The number of rotatable bonds is 2. The van der Waals surface area contributed by atoms with Crippen LogP contribution in [-0.2, 0) is 6.42 Å². The Morgan fingerprint density at radius 2 is 1.94 bits per heavy atom. The Morgan fingerprint density at radius 3 is 2.62 bits per heavy atom. The van der Waals surface area contributed by atoms with Crippen LogP contribution in [0, 0.1) is 6.92 Å². The summed E-state index contributed by atoms with van der Waals surface area (Å²) in [6, 6.07) is 8.46. The number of pyridine rings is 1. The number of nitrogens with zero attached hydrogens (tertiary/aromatic N) is 1. The van der Waals surface area contributed by atoms with Crippen LogP contribution in [0.15, 0.2) is 30.5 Å². The second-order valence-electron chi connectivity index (χ2n) is 3.58. The molecule has 0 amide bonds. The van der Waals surface area contributed by atoms with Crippen LogP contribution >= 0.6 is 24.8 Å². The lowest BCUT2D eigenvalue weighted by Crippen LogP contribution is -2.02. The molecule has 0 aliphatic heterocycles. The van der Waals surface area contributed by atoms with E-state index < -0.39 is 0 Å². The maximum Gasteiger partial charge on any atom is 0.0702 e. The lowest BCUT2D eigenvalue weighted by molar-refractivity contribution is 0.963. The fourth-order valence-electron chi connectivity index (χ4n) is 1.60. The maximum absolute atomic E-state index is 5.51. The number of hydrogen-bond donors (Lipinski definition) is 1. The molecule has 0 unspecified atom stereocenters. The van der Waals surface area contributed by atoms with Crippen LogP contribution < -0.4 is 5.73 Å². The Balaban J connectivity index is 0.00000112. The predicted molar refractivity (Wildman–Crippen MR) is 73.7 cm³/mol. The average Bonchev–Trinajstić information content (AvgIpc) is 2.17. The van der Waals surface area contributed by atoms with Crippen LogP contribution in [0.1, 0.15) is 11.1 Å². The van der Waals surface area contributed by atoms with E-state index >= 15 is 0 Å². The minimum absolute atomic E-state index is 0. The van der Waals surface area contributed by atoms with Crippen molar-refractivity contribution < 1.29 is 0 Å². The zero-order chi connectivity index (χ0) is 9.97. The minimum Gasteiger partial charge on any atom is -0.330 e. The number of nitrogens with two attached hydrogens (primary N) is 1. The smallest absolute Gasteiger partial charge is 0.0702 e. The van der Waals surface area contributed by atoms with Crippen molar-refractivity contribution >= 4 is 35.7 Å². The van der Waals surface area contributed by atoms with E-state index in [0.29, 0.717) is 6.54 Å². The van der Waals surface area contributed by atoms with Gasteiger partial charge in [-0.25, -0.2) is 0 Å². The molecule has 16 heavy (non-hydrogen) atoms. The molecule has 2 N–H and O–H groups in total. The van der Waals surface area contributed by atoms with E-state index in [0.717, 1.165) is 11.9 Å². The third-order valence-corrected chi connectivity index (χ3v) is 2.33. The van der Waals surface area contributed by atoms with E-state index in [1.807, 2.05) is 6.20 Å². The topological polar surface area (TPSA) is 38.9 Å². The SMILES string of the molecule is Cc1ccc2ncc(CCN)cc2c1.Cl.Cl. The highest BCUT2D eigenvalue weighted by Gasteiger charge is 1.97. The average molecular weight is 259 g/mol. The first kappa shape index (κ1) is 15.2. The number of halogens is 2. The Kier molecular flexibility index (Phi) is 6.34. The van der Waals surface area contributed by atoms with Crippen molar-refractivity contribution in [2.75, 3.05) is 6.54 Å². The van der Waals surface area contributed by atoms with Gasteiger partial charge in [-0.05, 0) is 43.7 Å². The summed E-state index contributed by atoms with van der Waals surface area (Å²) in [5.41, 5.74) is 9.04. The molecule has 0 aliphatic rings. The Bertz CT molecular complexity index is 458. The molecule has 1 aromatic carbocycles. The minimum atomic E-state index is 0. The van der Waals surface area contributed by atoms with Crippen LogP contribution in [0.2, 0.25) is 0 Å². The summed E-state index contributed by atoms with van der Waals surface area (Å²) in [5.74, 6) is 0. The molecule has 0 radical (unpaired) electrons. The quantitative estimate of drug-likeness (QED) is 0.900. The van der Waals surface area contributed by atoms with E-state index in [1.165, 1.54) is 16.5 Å². The van der Waals surface area contributed by atoms with Crippen molar-refractivity contribution in [1.29, 1.82) is 0 Å². The highest BCUT2D eigenvalue weighted by atomic mass is 35.5. The fourth-order valence-corrected chi connectivity index (χ4v) is 1.60. The van der Waals surface area contributed by atoms with Crippen molar-refractivity contribution in [1.82, 2.24) is 4.98 Å². The molecule has 0 saturated heterocycles. The lowest BCUT2D eigenvalue weighted by atomic mass is 10.1. The van der Waals surface area contributed by atoms with Gasteiger partial charge in [-0.2, -0.15) is 0 Å². The molecule has 0 atom stereocenters. The number of fused-ring (bicyclic) bond motifs is 1. The molecule has 1 aromatic heterocycles. The molecule has 0 saturated carbocycles. The Morgan fingerprint density at radius 1 is 1.19 bits per heavy atom. The van der Waals surface area contributed by atoms with Gasteiger partial charge in [-0.3, -0.25) is 4.98 Å². The molecular formula is C12H16Cl2N2. The molecule has 0 aliphatic carbocycles. The van der Waals surface area contributed by atoms with Gasteiger partial charge in [0.05, 0.1) is 5.52 Å².